The largest absolute Gasteiger partial charge is 0.344 e. The van der Waals surface area contributed by atoms with Gasteiger partial charge in [-0.3, -0.25) is 0 Å². The zero-order valence-electron chi connectivity index (χ0n) is 9.29. The van der Waals surface area contributed by atoms with Crippen molar-refractivity contribution in [1.29, 1.82) is 0 Å². The first-order valence-corrected chi connectivity index (χ1v) is 5.31. The van der Waals surface area contributed by atoms with E-state index < -0.39 is 0 Å². The zero-order chi connectivity index (χ0) is 11.3. The quantitative estimate of drug-likeness (QED) is 0.535. The lowest BCUT2D eigenvalue weighted by atomic mass is 10.1. The van der Waals surface area contributed by atoms with E-state index in [0.29, 0.717) is 0 Å². The average molecular weight is 213 g/mol. The van der Waals surface area contributed by atoms with E-state index in [2.05, 4.69) is 29.7 Å². The van der Waals surface area contributed by atoms with Crippen molar-refractivity contribution in [1.82, 2.24) is 4.57 Å². The Hall–Kier alpha value is -1.83. The monoisotopic (exact) mass is 213 g/mol. The number of nitrogens with zero attached hydrogens (tertiary/aromatic N) is 1. The van der Waals surface area contributed by atoms with E-state index in [4.69, 9.17) is 0 Å². The van der Waals surface area contributed by atoms with Crippen molar-refractivity contribution in [3.63, 3.8) is 0 Å². The molecule has 0 fully saturated rings. The second-order valence-corrected chi connectivity index (χ2v) is 4.24. The Balaban J connectivity index is 2.60. The van der Waals surface area contributed by atoms with Gasteiger partial charge in [0.15, 0.2) is 0 Å². The van der Waals surface area contributed by atoms with Crippen molar-refractivity contribution >= 4 is 21.8 Å². The number of aryl methyl sites for hydroxylation is 2. The van der Waals surface area contributed by atoms with E-state index in [1.165, 1.54) is 11.6 Å². The molecule has 0 aliphatic heterocycles. The molecule has 0 amide bonds. The molecule has 0 aliphatic carbocycles. The van der Waals surface area contributed by atoms with Crippen LogP contribution in [0.3, 0.4) is 0 Å². The molecule has 0 aliphatic rings. The highest BCUT2D eigenvalue weighted by atomic mass is 19.1. The van der Waals surface area contributed by atoms with Crippen molar-refractivity contribution in [2.24, 2.45) is 7.05 Å². The van der Waals surface area contributed by atoms with E-state index in [1.54, 1.807) is 6.07 Å². The maximum absolute atomic E-state index is 13.3. The van der Waals surface area contributed by atoms with Gasteiger partial charge in [0.05, 0.1) is 0 Å². The van der Waals surface area contributed by atoms with Crippen LogP contribution in [0, 0.1) is 12.7 Å². The Morgan fingerprint density at radius 2 is 1.56 bits per heavy atom. The SMILES string of the molecule is Cc1ccc2c(c1)c1cc(F)ccc1n2C. The molecule has 16 heavy (non-hydrogen) atoms. The second kappa shape index (κ2) is 3.08. The van der Waals surface area contributed by atoms with Gasteiger partial charge in [0.1, 0.15) is 5.82 Å². The van der Waals surface area contributed by atoms with Gasteiger partial charge in [-0.15, -0.1) is 0 Å². The Morgan fingerprint density at radius 1 is 0.938 bits per heavy atom. The van der Waals surface area contributed by atoms with Crippen LogP contribution in [0.1, 0.15) is 5.56 Å². The van der Waals surface area contributed by atoms with Crippen LogP contribution >= 0.6 is 0 Å². The van der Waals surface area contributed by atoms with Crippen molar-refractivity contribution in [3.8, 4) is 0 Å². The third-order valence-electron chi connectivity index (χ3n) is 3.12. The molecule has 2 aromatic carbocycles. The Morgan fingerprint density at radius 3 is 2.31 bits per heavy atom. The lowest BCUT2D eigenvalue weighted by molar-refractivity contribution is 0.629. The minimum Gasteiger partial charge on any atom is -0.344 e. The molecule has 3 aromatic rings. The number of rotatable bonds is 0. The summed E-state index contributed by atoms with van der Waals surface area (Å²) in [5, 5.41) is 2.11. The van der Waals surface area contributed by atoms with Crippen molar-refractivity contribution in [3.05, 3.63) is 47.8 Å². The molecule has 0 radical (unpaired) electrons. The van der Waals surface area contributed by atoms with Crippen LogP contribution in [0.15, 0.2) is 36.4 Å². The Kier molecular flexibility index (Phi) is 1.81. The first-order valence-electron chi connectivity index (χ1n) is 5.31. The first-order chi connectivity index (χ1) is 7.66. The van der Waals surface area contributed by atoms with Crippen LogP contribution in [0.4, 0.5) is 4.39 Å². The summed E-state index contributed by atoms with van der Waals surface area (Å²) in [6.07, 6.45) is 0. The van der Waals surface area contributed by atoms with E-state index in [1.807, 2.05) is 13.1 Å². The highest BCUT2D eigenvalue weighted by Gasteiger charge is 2.08. The van der Waals surface area contributed by atoms with Crippen molar-refractivity contribution in [2.45, 2.75) is 6.92 Å². The average Bonchev–Trinajstić information content (AvgIpc) is 2.52. The van der Waals surface area contributed by atoms with Gasteiger partial charge in [-0.2, -0.15) is 0 Å². The van der Waals surface area contributed by atoms with E-state index in [0.717, 1.165) is 21.8 Å². The molecule has 0 N–H and O–H groups in total. The molecule has 0 saturated carbocycles. The second-order valence-electron chi connectivity index (χ2n) is 4.24. The molecule has 1 nitrogen and oxygen atoms in total. The molecule has 0 unspecified atom stereocenters. The van der Waals surface area contributed by atoms with Gasteiger partial charge in [0, 0.05) is 28.9 Å². The number of hydrogen-bond donors (Lipinski definition) is 0. The maximum Gasteiger partial charge on any atom is 0.123 e. The Labute approximate surface area is 93.1 Å². The van der Waals surface area contributed by atoms with Crippen LogP contribution in [-0.2, 0) is 7.05 Å². The summed E-state index contributed by atoms with van der Waals surface area (Å²) >= 11 is 0. The predicted molar refractivity (Wildman–Crippen MR) is 65.1 cm³/mol. The van der Waals surface area contributed by atoms with E-state index in [-0.39, 0.29) is 5.82 Å². The molecule has 3 rings (SSSR count). The van der Waals surface area contributed by atoms with Gasteiger partial charge in [0.25, 0.3) is 0 Å². The lowest BCUT2D eigenvalue weighted by Gasteiger charge is -1.97. The molecule has 0 spiro atoms. The van der Waals surface area contributed by atoms with Crippen LogP contribution in [-0.4, -0.2) is 4.57 Å². The molecule has 0 bridgehead atoms. The van der Waals surface area contributed by atoms with Crippen molar-refractivity contribution < 1.29 is 4.39 Å². The molecule has 80 valence electrons. The summed E-state index contributed by atoms with van der Waals surface area (Å²) in [7, 11) is 2.01. The van der Waals surface area contributed by atoms with Crippen molar-refractivity contribution in [2.75, 3.05) is 0 Å². The third kappa shape index (κ3) is 1.16. The van der Waals surface area contributed by atoms with Crippen LogP contribution in [0.2, 0.25) is 0 Å². The molecule has 1 aromatic heterocycles. The van der Waals surface area contributed by atoms with Crippen LogP contribution in [0.25, 0.3) is 21.8 Å². The first kappa shape index (κ1) is 9.40. The smallest absolute Gasteiger partial charge is 0.123 e. The molecular weight excluding hydrogens is 201 g/mol. The van der Waals surface area contributed by atoms with Crippen LogP contribution < -0.4 is 0 Å². The summed E-state index contributed by atoms with van der Waals surface area (Å²) in [6, 6.07) is 11.2. The molecular formula is C14H12FN. The number of benzene rings is 2. The lowest BCUT2D eigenvalue weighted by Crippen LogP contribution is -1.86. The summed E-state index contributed by atoms with van der Waals surface area (Å²) in [6.45, 7) is 2.05. The molecule has 0 saturated heterocycles. The molecule has 2 heteroatoms. The van der Waals surface area contributed by atoms with Gasteiger partial charge in [-0.05, 0) is 37.3 Å². The normalized spacial score (nSPS) is 11.4. The summed E-state index contributed by atoms with van der Waals surface area (Å²) in [5.41, 5.74) is 3.41. The fraction of sp³-hybridized carbons (Fsp3) is 0.143. The minimum atomic E-state index is -0.179. The highest BCUT2D eigenvalue weighted by Crippen LogP contribution is 2.29. The molecule has 0 atom stereocenters. The number of aromatic nitrogens is 1. The number of hydrogen-bond acceptors (Lipinski definition) is 0. The zero-order valence-corrected chi connectivity index (χ0v) is 9.29. The maximum atomic E-state index is 13.3. The number of halogens is 1. The predicted octanol–water partition coefficient (Wildman–Crippen LogP) is 3.78. The summed E-state index contributed by atoms with van der Waals surface area (Å²) in [5.74, 6) is -0.179. The topological polar surface area (TPSA) is 4.93 Å². The fourth-order valence-corrected chi connectivity index (χ4v) is 2.30. The van der Waals surface area contributed by atoms with Crippen LogP contribution in [0.5, 0.6) is 0 Å². The fourth-order valence-electron chi connectivity index (χ4n) is 2.30. The standard InChI is InChI=1S/C14H12FN/c1-9-3-5-13-11(7-9)12-8-10(15)4-6-14(12)16(13)2/h3-8H,1-2H3. The van der Waals surface area contributed by atoms with Gasteiger partial charge in [-0.1, -0.05) is 11.6 Å². The number of fused-ring (bicyclic) bond motifs is 3. The van der Waals surface area contributed by atoms with Gasteiger partial charge >= 0.3 is 0 Å². The van der Waals surface area contributed by atoms with Gasteiger partial charge < -0.3 is 4.57 Å². The third-order valence-corrected chi connectivity index (χ3v) is 3.12. The highest BCUT2D eigenvalue weighted by molar-refractivity contribution is 6.08. The van der Waals surface area contributed by atoms with Gasteiger partial charge in [0.2, 0.25) is 0 Å². The Bertz CT molecular complexity index is 635. The minimum absolute atomic E-state index is 0.179. The molecule has 1 heterocycles. The summed E-state index contributed by atoms with van der Waals surface area (Å²) in [4.78, 5) is 0. The van der Waals surface area contributed by atoms with E-state index in [9.17, 15) is 4.39 Å². The van der Waals surface area contributed by atoms with Gasteiger partial charge in [-0.25, -0.2) is 4.39 Å². The van der Waals surface area contributed by atoms with E-state index >= 15 is 0 Å². The summed E-state index contributed by atoms with van der Waals surface area (Å²) < 4.78 is 15.4.